The highest BCUT2D eigenvalue weighted by molar-refractivity contribution is 6.31. The Kier molecular flexibility index (Phi) is 6.12. The van der Waals surface area contributed by atoms with Crippen molar-refractivity contribution in [2.24, 2.45) is 0 Å². The lowest BCUT2D eigenvalue weighted by Crippen LogP contribution is -2.30. The van der Waals surface area contributed by atoms with Gasteiger partial charge in [-0.25, -0.2) is 0 Å². The molecule has 0 aliphatic rings. The topological polar surface area (TPSA) is 47.3 Å². The van der Waals surface area contributed by atoms with Crippen molar-refractivity contribution in [3.05, 3.63) is 16.4 Å². The lowest BCUT2D eigenvalue weighted by molar-refractivity contribution is -0.0167. The molecule has 0 amide bonds. The van der Waals surface area contributed by atoms with Gasteiger partial charge in [0, 0.05) is 20.1 Å². The summed E-state index contributed by atoms with van der Waals surface area (Å²) in [6.45, 7) is 6.72. The van der Waals surface area contributed by atoms with E-state index in [0.29, 0.717) is 11.4 Å². The maximum atomic E-state index is 10.2. The molecule has 0 bridgehead atoms. The predicted molar refractivity (Wildman–Crippen MR) is 73.1 cm³/mol. The minimum atomic E-state index is -0.547. The van der Waals surface area contributed by atoms with Gasteiger partial charge >= 0.3 is 0 Å². The minimum Gasteiger partial charge on any atom is -0.390 e. The van der Waals surface area contributed by atoms with Crippen LogP contribution in [0, 0.1) is 6.92 Å². The summed E-state index contributed by atoms with van der Waals surface area (Å²) >= 11 is 6.23. The number of aromatic nitrogens is 2. The van der Waals surface area contributed by atoms with Gasteiger partial charge < -0.3 is 9.84 Å². The van der Waals surface area contributed by atoms with E-state index in [-0.39, 0.29) is 6.10 Å². The van der Waals surface area contributed by atoms with Gasteiger partial charge in [-0.2, -0.15) is 5.10 Å². The van der Waals surface area contributed by atoms with Gasteiger partial charge in [-0.05, 0) is 20.3 Å². The zero-order valence-corrected chi connectivity index (χ0v) is 12.4. The van der Waals surface area contributed by atoms with Gasteiger partial charge in [0.2, 0.25) is 0 Å². The number of aliphatic hydroxyl groups excluding tert-OH is 1. The number of hydrogen-bond donors (Lipinski definition) is 1. The Morgan fingerprint density at radius 3 is 2.61 bits per heavy atom. The molecule has 5 heteroatoms. The number of methoxy groups -OCH3 is 1. The van der Waals surface area contributed by atoms with E-state index in [9.17, 15) is 5.11 Å². The molecule has 1 rings (SSSR count). The number of aliphatic hydroxyl groups is 1. The highest BCUT2D eigenvalue weighted by atomic mass is 35.5. The SMILES string of the molecule is CCCC(OC)C(O)Cc1c(Cl)c(C)nn1CC. The number of hydrogen-bond acceptors (Lipinski definition) is 3. The molecule has 104 valence electrons. The van der Waals surface area contributed by atoms with E-state index in [1.807, 2.05) is 18.5 Å². The quantitative estimate of drug-likeness (QED) is 0.831. The first-order valence-corrected chi connectivity index (χ1v) is 6.85. The van der Waals surface area contributed by atoms with Gasteiger partial charge in [-0.3, -0.25) is 4.68 Å². The van der Waals surface area contributed by atoms with E-state index in [0.717, 1.165) is 30.8 Å². The Balaban J connectivity index is 2.83. The van der Waals surface area contributed by atoms with Crippen LogP contribution >= 0.6 is 11.6 Å². The fourth-order valence-electron chi connectivity index (χ4n) is 2.15. The second kappa shape index (κ2) is 7.12. The largest absolute Gasteiger partial charge is 0.390 e. The molecule has 1 N–H and O–H groups in total. The van der Waals surface area contributed by atoms with Crippen LogP contribution in [0.25, 0.3) is 0 Å². The second-order valence-electron chi connectivity index (χ2n) is 4.50. The van der Waals surface area contributed by atoms with E-state index in [1.165, 1.54) is 0 Å². The first-order valence-electron chi connectivity index (χ1n) is 6.47. The summed E-state index contributed by atoms with van der Waals surface area (Å²) in [4.78, 5) is 0. The number of nitrogens with zero attached hydrogens (tertiary/aromatic N) is 2. The van der Waals surface area contributed by atoms with Gasteiger partial charge in [-0.1, -0.05) is 24.9 Å². The molecule has 4 nitrogen and oxygen atoms in total. The molecule has 1 aromatic heterocycles. The van der Waals surface area contributed by atoms with Crippen LogP contribution in [0.4, 0.5) is 0 Å². The standard InChI is InChI=1S/C13H23ClN2O2/c1-5-7-12(18-4)11(17)8-10-13(14)9(3)15-16(10)6-2/h11-12,17H,5-8H2,1-4H3. The third kappa shape index (κ3) is 3.46. The van der Waals surface area contributed by atoms with Crippen molar-refractivity contribution in [3.8, 4) is 0 Å². The summed E-state index contributed by atoms with van der Waals surface area (Å²) in [6.07, 6.45) is 1.61. The van der Waals surface area contributed by atoms with Crippen molar-refractivity contribution in [2.75, 3.05) is 7.11 Å². The number of aryl methyl sites for hydroxylation is 2. The number of rotatable bonds is 7. The zero-order valence-electron chi connectivity index (χ0n) is 11.6. The summed E-state index contributed by atoms with van der Waals surface area (Å²) in [5, 5.41) is 15.2. The molecule has 0 spiro atoms. The molecule has 0 fully saturated rings. The fourth-order valence-corrected chi connectivity index (χ4v) is 2.36. The van der Waals surface area contributed by atoms with Crippen molar-refractivity contribution < 1.29 is 9.84 Å². The smallest absolute Gasteiger partial charge is 0.0857 e. The monoisotopic (exact) mass is 274 g/mol. The summed E-state index contributed by atoms with van der Waals surface area (Å²) in [7, 11) is 1.63. The fraction of sp³-hybridized carbons (Fsp3) is 0.769. The molecule has 0 radical (unpaired) electrons. The number of ether oxygens (including phenoxy) is 1. The molecule has 0 aliphatic carbocycles. The van der Waals surface area contributed by atoms with E-state index >= 15 is 0 Å². The van der Waals surface area contributed by atoms with Crippen molar-refractivity contribution in [1.29, 1.82) is 0 Å². The first kappa shape index (κ1) is 15.5. The van der Waals surface area contributed by atoms with Crippen LogP contribution in [-0.4, -0.2) is 34.2 Å². The Hall–Kier alpha value is -0.580. The maximum absolute atomic E-state index is 10.2. The van der Waals surface area contributed by atoms with E-state index < -0.39 is 6.10 Å². The van der Waals surface area contributed by atoms with Crippen LogP contribution < -0.4 is 0 Å². The highest BCUT2D eigenvalue weighted by Gasteiger charge is 2.22. The maximum Gasteiger partial charge on any atom is 0.0857 e. The van der Waals surface area contributed by atoms with Crippen molar-refractivity contribution in [3.63, 3.8) is 0 Å². The predicted octanol–water partition coefficient (Wildman–Crippen LogP) is 2.58. The molecule has 0 saturated heterocycles. The lowest BCUT2D eigenvalue weighted by atomic mass is 10.0. The molecule has 0 aromatic carbocycles. The highest BCUT2D eigenvalue weighted by Crippen LogP contribution is 2.23. The first-order chi connectivity index (χ1) is 8.54. The molecule has 2 atom stereocenters. The van der Waals surface area contributed by atoms with Gasteiger partial charge in [0.05, 0.1) is 28.6 Å². The average Bonchev–Trinajstić information content (AvgIpc) is 2.63. The normalized spacial score (nSPS) is 14.8. The summed E-state index contributed by atoms with van der Waals surface area (Å²) in [6, 6.07) is 0. The summed E-state index contributed by atoms with van der Waals surface area (Å²) in [5.41, 5.74) is 1.70. The van der Waals surface area contributed by atoms with Crippen LogP contribution in [0.5, 0.6) is 0 Å². The van der Waals surface area contributed by atoms with E-state index in [4.69, 9.17) is 16.3 Å². The van der Waals surface area contributed by atoms with Gasteiger partial charge in [-0.15, -0.1) is 0 Å². The van der Waals surface area contributed by atoms with Crippen LogP contribution in [0.2, 0.25) is 5.02 Å². The van der Waals surface area contributed by atoms with Crippen LogP contribution in [0.15, 0.2) is 0 Å². The van der Waals surface area contributed by atoms with Crippen molar-refractivity contribution >= 4 is 11.6 Å². The molecular formula is C13H23ClN2O2. The molecule has 0 saturated carbocycles. The van der Waals surface area contributed by atoms with Crippen molar-refractivity contribution in [2.45, 2.75) is 58.8 Å². The molecule has 2 unspecified atom stereocenters. The van der Waals surface area contributed by atoms with E-state index in [1.54, 1.807) is 7.11 Å². The average molecular weight is 275 g/mol. The second-order valence-corrected chi connectivity index (χ2v) is 4.87. The third-order valence-corrected chi connectivity index (χ3v) is 3.65. The van der Waals surface area contributed by atoms with Gasteiger partial charge in [0.1, 0.15) is 0 Å². The Labute approximate surface area is 114 Å². The summed E-state index contributed by atoms with van der Waals surface area (Å²) < 4.78 is 7.17. The van der Waals surface area contributed by atoms with Crippen molar-refractivity contribution in [1.82, 2.24) is 9.78 Å². The van der Waals surface area contributed by atoms with Crippen LogP contribution in [0.1, 0.15) is 38.1 Å². The minimum absolute atomic E-state index is 0.147. The van der Waals surface area contributed by atoms with Gasteiger partial charge in [0.25, 0.3) is 0 Å². The zero-order chi connectivity index (χ0) is 13.7. The number of halogens is 1. The lowest BCUT2D eigenvalue weighted by Gasteiger charge is -2.21. The van der Waals surface area contributed by atoms with E-state index in [2.05, 4.69) is 12.0 Å². The molecule has 18 heavy (non-hydrogen) atoms. The van der Waals surface area contributed by atoms with Crippen LogP contribution in [0.3, 0.4) is 0 Å². The Bertz CT molecular complexity index is 379. The van der Waals surface area contributed by atoms with Gasteiger partial charge in [0.15, 0.2) is 0 Å². The Morgan fingerprint density at radius 1 is 1.44 bits per heavy atom. The Morgan fingerprint density at radius 2 is 2.11 bits per heavy atom. The molecule has 1 aromatic rings. The van der Waals surface area contributed by atoms with Crippen LogP contribution in [-0.2, 0) is 17.7 Å². The molecule has 0 aliphatic heterocycles. The molecular weight excluding hydrogens is 252 g/mol. The third-order valence-electron chi connectivity index (χ3n) is 3.16. The molecule has 1 heterocycles. The summed E-state index contributed by atoms with van der Waals surface area (Å²) in [5.74, 6) is 0.